The topological polar surface area (TPSA) is 111 Å². The fraction of sp³-hybridized carbons (Fsp3) is 0.556. The molecule has 7 nitrogen and oxygen atoms in total. The Bertz CT molecular complexity index is 557. The fourth-order valence-electron chi connectivity index (χ4n) is 1.09. The van der Waals surface area contributed by atoms with E-state index < -0.39 is 21.7 Å². The van der Waals surface area contributed by atoms with Crippen LogP contribution in [-0.4, -0.2) is 25.1 Å². The van der Waals surface area contributed by atoms with E-state index in [1.54, 1.807) is 20.8 Å². The number of amides is 1. The third kappa shape index (κ3) is 4.24. The van der Waals surface area contributed by atoms with Crippen LogP contribution in [0.1, 0.15) is 26.5 Å². The molecule has 18 heavy (non-hydrogen) atoms. The first kappa shape index (κ1) is 14.9. The molecule has 1 heterocycles. The van der Waals surface area contributed by atoms with Crippen LogP contribution in [0.5, 0.6) is 0 Å². The predicted molar refractivity (Wildman–Crippen MR) is 68.1 cm³/mol. The van der Waals surface area contributed by atoms with E-state index in [-0.39, 0.29) is 15.0 Å². The van der Waals surface area contributed by atoms with Gasteiger partial charge in [0.2, 0.25) is 10.0 Å². The summed E-state index contributed by atoms with van der Waals surface area (Å²) in [5.74, 6) is 0. The summed E-state index contributed by atoms with van der Waals surface area (Å²) in [6.07, 6.45) is -0.697. The lowest BCUT2D eigenvalue weighted by Gasteiger charge is -2.18. The number of carbonyl (C=O) groups is 1. The Morgan fingerprint density at radius 2 is 2.00 bits per heavy atom. The van der Waals surface area contributed by atoms with Gasteiger partial charge < -0.3 is 4.74 Å². The maximum Gasteiger partial charge on any atom is 0.413 e. The average Bonchev–Trinajstić information content (AvgIpc) is 2.41. The molecule has 1 aromatic heterocycles. The first-order chi connectivity index (χ1) is 7.99. The van der Waals surface area contributed by atoms with E-state index in [1.165, 1.54) is 6.92 Å². The van der Waals surface area contributed by atoms with Crippen molar-refractivity contribution in [2.75, 3.05) is 5.32 Å². The van der Waals surface area contributed by atoms with Crippen molar-refractivity contribution in [2.45, 2.75) is 37.5 Å². The molecule has 0 bridgehead atoms. The van der Waals surface area contributed by atoms with Gasteiger partial charge in [-0.3, -0.25) is 5.32 Å². The second kappa shape index (κ2) is 4.82. The molecule has 0 fully saturated rings. The molecule has 0 saturated heterocycles. The summed E-state index contributed by atoms with van der Waals surface area (Å²) >= 11 is 0.785. The van der Waals surface area contributed by atoms with E-state index >= 15 is 0 Å². The van der Waals surface area contributed by atoms with Gasteiger partial charge in [-0.1, -0.05) is 11.3 Å². The molecule has 0 aliphatic rings. The van der Waals surface area contributed by atoms with Crippen LogP contribution >= 0.6 is 11.3 Å². The second-order valence-corrected chi connectivity index (χ2v) is 7.32. The van der Waals surface area contributed by atoms with Crippen molar-refractivity contribution in [1.82, 2.24) is 4.98 Å². The van der Waals surface area contributed by atoms with Crippen molar-refractivity contribution >= 4 is 32.6 Å². The molecule has 0 aromatic carbocycles. The number of primary sulfonamides is 1. The van der Waals surface area contributed by atoms with Gasteiger partial charge in [-0.15, -0.1) is 0 Å². The lowest BCUT2D eigenvalue weighted by atomic mass is 10.2. The fourth-order valence-corrected chi connectivity index (χ4v) is 2.94. The Morgan fingerprint density at radius 1 is 1.44 bits per heavy atom. The molecular weight excluding hydrogens is 278 g/mol. The Balaban J connectivity index is 2.85. The monoisotopic (exact) mass is 293 g/mol. The number of nitrogens with one attached hydrogen (secondary N) is 1. The number of nitrogens with zero attached hydrogens (tertiary/aromatic N) is 1. The number of aryl methyl sites for hydroxylation is 1. The second-order valence-electron chi connectivity index (χ2n) is 4.56. The summed E-state index contributed by atoms with van der Waals surface area (Å²) in [6.45, 7) is 6.65. The first-order valence-corrected chi connectivity index (χ1v) is 7.35. The molecule has 3 N–H and O–H groups in total. The third-order valence-corrected chi connectivity index (χ3v) is 4.25. The van der Waals surface area contributed by atoms with Crippen LogP contribution in [0.4, 0.5) is 9.93 Å². The van der Waals surface area contributed by atoms with Crippen LogP contribution in [0.3, 0.4) is 0 Å². The van der Waals surface area contributed by atoms with Crippen molar-refractivity contribution in [3.8, 4) is 0 Å². The summed E-state index contributed by atoms with van der Waals surface area (Å²) in [4.78, 5) is 15.3. The van der Waals surface area contributed by atoms with Gasteiger partial charge in [-0.2, -0.15) is 0 Å². The van der Waals surface area contributed by atoms with Crippen LogP contribution < -0.4 is 10.5 Å². The van der Waals surface area contributed by atoms with Gasteiger partial charge in [0.05, 0.1) is 5.69 Å². The highest BCUT2D eigenvalue weighted by Gasteiger charge is 2.21. The van der Waals surface area contributed by atoms with E-state index in [4.69, 9.17) is 9.88 Å². The van der Waals surface area contributed by atoms with Crippen molar-refractivity contribution in [2.24, 2.45) is 5.14 Å². The van der Waals surface area contributed by atoms with Crippen LogP contribution in [0.2, 0.25) is 0 Å². The van der Waals surface area contributed by atoms with E-state index in [0.717, 1.165) is 11.3 Å². The summed E-state index contributed by atoms with van der Waals surface area (Å²) < 4.78 is 27.3. The van der Waals surface area contributed by atoms with Crippen LogP contribution in [0, 0.1) is 6.92 Å². The van der Waals surface area contributed by atoms with E-state index in [0.29, 0.717) is 0 Å². The molecule has 1 rings (SSSR count). The maximum atomic E-state index is 11.5. The Morgan fingerprint density at radius 3 is 2.39 bits per heavy atom. The molecule has 0 spiro atoms. The summed E-state index contributed by atoms with van der Waals surface area (Å²) in [6, 6.07) is 0. The van der Waals surface area contributed by atoms with Gasteiger partial charge in [0.15, 0.2) is 9.34 Å². The standard InChI is InChI=1S/C9H15N3O4S2/c1-5-6(18(10,14)15)17-7(11-5)12-8(13)16-9(2,3)4/h1-4H3,(H2,10,14,15)(H,11,12,13). The number of sulfonamides is 1. The predicted octanol–water partition coefficient (Wildman–Crippen LogP) is 1.45. The minimum Gasteiger partial charge on any atom is -0.444 e. The molecule has 0 radical (unpaired) electrons. The number of aromatic nitrogens is 1. The number of anilines is 1. The number of hydrogen-bond acceptors (Lipinski definition) is 6. The smallest absolute Gasteiger partial charge is 0.413 e. The van der Waals surface area contributed by atoms with E-state index in [2.05, 4.69) is 10.3 Å². The molecule has 0 unspecified atom stereocenters. The largest absolute Gasteiger partial charge is 0.444 e. The van der Waals surface area contributed by atoms with Crippen molar-refractivity contribution in [1.29, 1.82) is 0 Å². The van der Waals surface area contributed by atoms with Crippen LogP contribution in [0.25, 0.3) is 0 Å². The van der Waals surface area contributed by atoms with Gasteiger partial charge in [0, 0.05) is 0 Å². The molecule has 0 atom stereocenters. The van der Waals surface area contributed by atoms with Gasteiger partial charge in [-0.05, 0) is 27.7 Å². The highest BCUT2D eigenvalue weighted by atomic mass is 32.2. The van der Waals surface area contributed by atoms with Gasteiger partial charge in [0.1, 0.15) is 5.60 Å². The van der Waals surface area contributed by atoms with E-state index in [1.807, 2.05) is 0 Å². The lowest BCUT2D eigenvalue weighted by Crippen LogP contribution is -2.27. The van der Waals surface area contributed by atoms with Crippen LogP contribution in [0.15, 0.2) is 4.21 Å². The highest BCUT2D eigenvalue weighted by molar-refractivity contribution is 7.91. The Labute approximate surface area is 109 Å². The zero-order valence-corrected chi connectivity index (χ0v) is 12.1. The zero-order chi connectivity index (χ0) is 14.1. The number of carbonyl (C=O) groups excluding carboxylic acids is 1. The minimum absolute atomic E-state index is 0.0754. The number of hydrogen-bond donors (Lipinski definition) is 2. The highest BCUT2D eigenvalue weighted by Crippen LogP contribution is 2.26. The number of thiazole rings is 1. The van der Waals surface area contributed by atoms with Crippen molar-refractivity contribution in [3.05, 3.63) is 5.69 Å². The quantitative estimate of drug-likeness (QED) is 0.857. The van der Waals surface area contributed by atoms with E-state index in [9.17, 15) is 13.2 Å². The lowest BCUT2D eigenvalue weighted by molar-refractivity contribution is 0.0636. The molecule has 0 saturated carbocycles. The van der Waals surface area contributed by atoms with Crippen LogP contribution in [-0.2, 0) is 14.8 Å². The summed E-state index contributed by atoms with van der Waals surface area (Å²) in [5, 5.41) is 7.49. The normalized spacial score (nSPS) is 12.3. The number of nitrogens with two attached hydrogens (primary N) is 1. The molecule has 0 aliphatic heterocycles. The molecule has 1 aromatic rings. The Hall–Kier alpha value is -1.19. The van der Waals surface area contributed by atoms with Crippen molar-refractivity contribution < 1.29 is 17.9 Å². The van der Waals surface area contributed by atoms with Gasteiger partial charge in [0.25, 0.3) is 0 Å². The minimum atomic E-state index is -3.82. The molecule has 9 heteroatoms. The Kier molecular flexibility index (Phi) is 3.99. The average molecular weight is 293 g/mol. The number of rotatable bonds is 2. The van der Waals surface area contributed by atoms with Gasteiger partial charge >= 0.3 is 6.09 Å². The molecular formula is C9H15N3O4S2. The third-order valence-electron chi connectivity index (χ3n) is 1.62. The SMILES string of the molecule is Cc1nc(NC(=O)OC(C)(C)C)sc1S(N)(=O)=O. The number of ether oxygens (including phenoxy) is 1. The molecule has 1 amide bonds. The zero-order valence-electron chi connectivity index (χ0n) is 10.5. The van der Waals surface area contributed by atoms with Crippen molar-refractivity contribution in [3.63, 3.8) is 0 Å². The first-order valence-electron chi connectivity index (χ1n) is 4.99. The maximum absolute atomic E-state index is 11.5. The molecule has 102 valence electrons. The summed E-state index contributed by atoms with van der Waals surface area (Å²) in [7, 11) is -3.82. The van der Waals surface area contributed by atoms with Gasteiger partial charge in [-0.25, -0.2) is 23.3 Å². The molecule has 0 aliphatic carbocycles. The summed E-state index contributed by atoms with van der Waals surface area (Å²) in [5.41, 5.74) is -0.396.